The van der Waals surface area contributed by atoms with Gasteiger partial charge in [-0.05, 0) is 12.1 Å². The van der Waals surface area contributed by atoms with Crippen molar-refractivity contribution in [3.05, 3.63) is 24.0 Å². The van der Waals surface area contributed by atoms with Gasteiger partial charge in [0.2, 0.25) is 0 Å². The minimum Gasteiger partial charge on any atom is -0.390 e. The Labute approximate surface area is 41.8 Å². The summed E-state index contributed by atoms with van der Waals surface area (Å²) in [4.78, 5) is 2.84. The lowest BCUT2D eigenvalue weighted by Gasteiger charge is -1.81. The van der Waals surface area contributed by atoms with Crippen molar-refractivity contribution in [3.8, 4) is 0 Å². The van der Waals surface area contributed by atoms with Crippen LogP contribution in [-0.4, -0.2) is 10.1 Å². The third-order valence-corrected chi connectivity index (χ3v) is 0.833. The molecule has 2 heteroatoms. The Hall–Kier alpha value is -0.760. The maximum Gasteiger partial charge on any atom is 0.0830 e. The highest BCUT2D eigenvalue weighted by Gasteiger charge is 1.82. The van der Waals surface area contributed by atoms with Crippen molar-refractivity contribution in [1.82, 2.24) is 4.98 Å². The topological polar surface area (TPSA) is 36.0 Å². The molecule has 2 nitrogen and oxygen atoms in total. The first-order chi connectivity index (χ1) is 3.43. The van der Waals surface area contributed by atoms with Crippen LogP contribution in [0.2, 0.25) is 0 Å². The fraction of sp³-hybridized carbons (Fsp3) is 0.200. The van der Waals surface area contributed by atoms with Gasteiger partial charge in [-0.3, -0.25) is 0 Å². The van der Waals surface area contributed by atoms with Crippen molar-refractivity contribution < 1.29 is 5.11 Å². The van der Waals surface area contributed by atoms with Gasteiger partial charge >= 0.3 is 0 Å². The highest BCUT2D eigenvalue weighted by molar-refractivity contribution is 5.01. The maximum atomic E-state index is 8.40. The largest absolute Gasteiger partial charge is 0.390 e. The molecule has 0 aliphatic heterocycles. The molecule has 0 fully saturated rings. The van der Waals surface area contributed by atoms with Crippen LogP contribution in [0.5, 0.6) is 0 Å². The minimum atomic E-state index is 0.104. The summed E-state index contributed by atoms with van der Waals surface area (Å²) in [6, 6.07) is 3.69. The second-order valence-corrected chi connectivity index (χ2v) is 1.35. The Morgan fingerprint density at radius 2 is 2.57 bits per heavy atom. The first kappa shape index (κ1) is 4.40. The van der Waals surface area contributed by atoms with Crippen molar-refractivity contribution in [2.45, 2.75) is 6.61 Å². The lowest BCUT2D eigenvalue weighted by molar-refractivity contribution is 0.277. The van der Waals surface area contributed by atoms with E-state index >= 15 is 0 Å². The van der Waals surface area contributed by atoms with E-state index < -0.39 is 0 Å². The Morgan fingerprint density at radius 3 is 2.86 bits per heavy atom. The summed E-state index contributed by atoms with van der Waals surface area (Å²) < 4.78 is 0. The summed E-state index contributed by atoms with van der Waals surface area (Å²) in [5.41, 5.74) is 0.861. The zero-order chi connectivity index (χ0) is 5.11. The second-order valence-electron chi connectivity index (χ2n) is 1.35. The maximum absolute atomic E-state index is 8.40. The van der Waals surface area contributed by atoms with E-state index in [-0.39, 0.29) is 6.61 Å². The summed E-state index contributed by atoms with van der Waals surface area (Å²) in [5, 5.41) is 8.40. The van der Waals surface area contributed by atoms with E-state index in [1.807, 2.05) is 12.1 Å². The number of aromatic nitrogens is 1. The highest BCUT2D eigenvalue weighted by atomic mass is 16.3. The molecule has 0 spiro atoms. The Balaban J connectivity index is 2.76. The van der Waals surface area contributed by atoms with E-state index in [1.54, 1.807) is 6.20 Å². The fourth-order valence-corrected chi connectivity index (χ4v) is 0.466. The van der Waals surface area contributed by atoms with Gasteiger partial charge < -0.3 is 10.1 Å². The van der Waals surface area contributed by atoms with Crippen LogP contribution in [0.1, 0.15) is 5.69 Å². The Morgan fingerprint density at radius 1 is 1.71 bits per heavy atom. The third kappa shape index (κ3) is 0.810. The summed E-state index contributed by atoms with van der Waals surface area (Å²) in [6.07, 6.45) is 1.78. The van der Waals surface area contributed by atoms with Crippen LogP contribution in [0.4, 0.5) is 0 Å². The van der Waals surface area contributed by atoms with E-state index in [2.05, 4.69) is 4.98 Å². The minimum absolute atomic E-state index is 0.104. The predicted molar refractivity (Wildman–Crippen MR) is 26.7 cm³/mol. The zero-order valence-corrected chi connectivity index (χ0v) is 3.89. The van der Waals surface area contributed by atoms with E-state index in [0.717, 1.165) is 5.69 Å². The fourth-order valence-electron chi connectivity index (χ4n) is 0.466. The molecule has 1 aromatic heterocycles. The van der Waals surface area contributed by atoms with Gasteiger partial charge in [-0.15, -0.1) is 0 Å². The zero-order valence-electron chi connectivity index (χ0n) is 3.89. The normalized spacial score (nSPS) is 9.29. The van der Waals surface area contributed by atoms with Crippen LogP contribution in [0.3, 0.4) is 0 Å². The van der Waals surface area contributed by atoms with Gasteiger partial charge in [0.25, 0.3) is 0 Å². The summed E-state index contributed by atoms with van der Waals surface area (Å²) in [5.74, 6) is 0. The second kappa shape index (κ2) is 1.80. The lowest BCUT2D eigenvalue weighted by atomic mass is 10.5. The number of nitrogens with one attached hydrogen (secondary N) is 1. The number of aliphatic hydroxyl groups excluding tert-OH is 1. The Bertz CT molecular complexity index is 123. The molecule has 0 bridgehead atoms. The SMILES string of the molecule is OCc1ccc[nH]1. The van der Waals surface area contributed by atoms with Gasteiger partial charge in [0.15, 0.2) is 0 Å². The highest BCUT2D eigenvalue weighted by Crippen LogP contribution is 1.90. The molecule has 0 radical (unpaired) electrons. The molecule has 0 atom stereocenters. The lowest BCUT2D eigenvalue weighted by Crippen LogP contribution is -1.77. The molecule has 7 heavy (non-hydrogen) atoms. The molecular weight excluding hydrogens is 90.1 g/mol. The van der Waals surface area contributed by atoms with Gasteiger partial charge in [0.1, 0.15) is 0 Å². The van der Waals surface area contributed by atoms with Crippen molar-refractivity contribution in [2.24, 2.45) is 0 Å². The molecule has 0 saturated carbocycles. The van der Waals surface area contributed by atoms with Crippen LogP contribution in [0.15, 0.2) is 18.3 Å². The van der Waals surface area contributed by atoms with Crippen molar-refractivity contribution in [1.29, 1.82) is 0 Å². The molecule has 0 unspecified atom stereocenters. The van der Waals surface area contributed by atoms with E-state index in [1.165, 1.54) is 0 Å². The van der Waals surface area contributed by atoms with Crippen molar-refractivity contribution in [3.63, 3.8) is 0 Å². The van der Waals surface area contributed by atoms with E-state index in [0.29, 0.717) is 0 Å². The standard InChI is InChI=1S/C5H7NO/c7-4-5-2-1-3-6-5/h1-3,6-7H,4H2. The number of hydrogen-bond donors (Lipinski definition) is 2. The van der Waals surface area contributed by atoms with Gasteiger partial charge in [-0.1, -0.05) is 0 Å². The number of rotatable bonds is 1. The van der Waals surface area contributed by atoms with Crippen molar-refractivity contribution in [2.75, 3.05) is 0 Å². The van der Waals surface area contributed by atoms with Crippen LogP contribution in [0, 0.1) is 0 Å². The Kier molecular flexibility index (Phi) is 1.13. The average Bonchev–Trinajstić information content (AvgIpc) is 2.14. The molecule has 0 aliphatic carbocycles. The third-order valence-electron chi connectivity index (χ3n) is 0.833. The summed E-state index contributed by atoms with van der Waals surface area (Å²) >= 11 is 0. The molecule has 0 aliphatic rings. The molecule has 0 saturated heterocycles. The van der Waals surface area contributed by atoms with Crippen LogP contribution in [0.25, 0.3) is 0 Å². The van der Waals surface area contributed by atoms with Gasteiger partial charge in [-0.25, -0.2) is 0 Å². The molecule has 0 aromatic carbocycles. The van der Waals surface area contributed by atoms with Gasteiger partial charge in [0, 0.05) is 11.9 Å². The monoisotopic (exact) mass is 97.1 g/mol. The predicted octanol–water partition coefficient (Wildman–Crippen LogP) is 0.507. The molecule has 2 N–H and O–H groups in total. The number of aliphatic hydroxyl groups is 1. The molecule has 0 amide bonds. The molecule has 1 rings (SSSR count). The van der Waals surface area contributed by atoms with Crippen molar-refractivity contribution >= 4 is 0 Å². The van der Waals surface area contributed by atoms with Crippen LogP contribution in [-0.2, 0) is 6.61 Å². The quantitative estimate of drug-likeness (QED) is 0.526. The molecule has 1 heterocycles. The summed E-state index contributed by atoms with van der Waals surface area (Å²) in [6.45, 7) is 0.104. The number of aromatic amines is 1. The van der Waals surface area contributed by atoms with Gasteiger partial charge in [-0.2, -0.15) is 0 Å². The van der Waals surface area contributed by atoms with Gasteiger partial charge in [0.05, 0.1) is 6.61 Å². The van der Waals surface area contributed by atoms with Crippen LogP contribution < -0.4 is 0 Å². The first-order valence-electron chi connectivity index (χ1n) is 2.16. The van der Waals surface area contributed by atoms with E-state index in [9.17, 15) is 0 Å². The average molecular weight is 97.1 g/mol. The smallest absolute Gasteiger partial charge is 0.0830 e. The summed E-state index contributed by atoms with van der Waals surface area (Å²) in [7, 11) is 0. The first-order valence-corrected chi connectivity index (χ1v) is 2.16. The number of H-pyrrole nitrogens is 1. The van der Waals surface area contributed by atoms with E-state index in [4.69, 9.17) is 5.11 Å². The molecule has 38 valence electrons. The molecular formula is C5H7NO. The number of hydrogen-bond acceptors (Lipinski definition) is 1. The van der Waals surface area contributed by atoms with Crippen LogP contribution >= 0.6 is 0 Å². The molecule has 1 aromatic rings.